The van der Waals surface area contributed by atoms with Gasteiger partial charge in [-0.15, -0.1) is 0 Å². The Bertz CT molecular complexity index is 802. The summed E-state index contributed by atoms with van der Waals surface area (Å²) in [6.07, 6.45) is 14.9. The highest BCUT2D eigenvalue weighted by Gasteiger charge is 2.18. The van der Waals surface area contributed by atoms with Crippen LogP contribution in [0.4, 0.5) is 0 Å². The van der Waals surface area contributed by atoms with Crippen molar-refractivity contribution in [3.63, 3.8) is 0 Å². The number of amides is 1. The van der Waals surface area contributed by atoms with E-state index >= 15 is 0 Å². The molecule has 3 rings (SSSR count). The summed E-state index contributed by atoms with van der Waals surface area (Å²) in [5.41, 5.74) is 1.14. The second-order valence-corrected chi connectivity index (χ2v) is 5.65. The SMILES string of the molecule is O=C(c1c[nH]c(=O)c(Cl)c1)N1C=COC(CC2=CC=CCC2)=C1. The minimum atomic E-state index is -0.422. The van der Waals surface area contributed by atoms with E-state index in [1.165, 1.54) is 35.2 Å². The maximum atomic E-state index is 12.5. The van der Waals surface area contributed by atoms with Gasteiger partial charge in [0.15, 0.2) is 0 Å². The van der Waals surface area contributed by atoms with Crippen LogP contribution in [0.5, 0.6) is 0 Å². The van der Waals surface area contributed by atoms with Crippen molar-refractivity contribution < 1.29 is 9.53 Å². The number of ether oxygens (including phenoxy) is 1. The van der Waals surface area contributed by atoms with Gasteiger partial charge in [-0.1, -0.05) is 35.4 Å². The molecule has 0 saturated heterocycles. The molecule has 1 aromatic rings. The normalized spacial score (nSPS) is 16.7. The Kier molecular flexibility index (Phi) is 4.48. The average Bonchev–Trinajstić information content (AvgIpc) is 2.58. The number of nitrogens with zero attached hydrogens (tertiary/aromatic N) is 1. The van der Waals surface area contributed by atoms with Crippen molar-refractivity contribution in [2.45, 2.75) is 19.3 Å². The molecule has 1 aliphatic heterocycles. The number of aromatic nitrogens is 1. The molecule has 2 aliphatic rings. The summed E-state index contributed by atoms with van der Waals surface area (Å²) in [5.74, 6) is 0.399. The summed E-state index contributed by atoms with van der Waals surface area (Å²) in [6, 6.07) is 1.36. The lowest BCUT2D eigenvalue weighted by atomic mass is 10.0. The quantitative estimate of drug-likeness (QED) is 0.923. The van der Waals surface area contributed by atoms with Crippen LogP contribution in [0.25, 0.3) is 0 Å². The molecule has 0 spiro atoms. The molecule has 5 nitrogen and oxygen atoms in total. The number of rotatable bonds is 3. The third kappa shape index (κ3) is 3.63. The van der Waals surface area contributed by atoms with Crippen LogP contribution in [-0.4, -0.2) is 15.8 Å². The maximum Gasteiger partial charge on any atom is 0.266 e. The van der Waals surface area contributed by atoms with E-state index in [0.29, 0.717) is 17.7 Å². The van der Waals surface area contributed by atoms with Crippen LogP contribution >= 0.6 is 11.6 Å². The van der Waals surface area contributed by atoms with Gasteiger partial charge in [0.05, 0.1) is 11.8 Å². The van der Waals surface area contributed by atoms with Crippen LogP contribution in [0.3, 0.4) is 0 Å². The van der Waals surface area contributed by atoms with E-state index in [1.54, 1.807) is 6.20 Å². The molecule has 6 heteroatoms. The van der Waals surface area contributed by atoms with Crippen LogP contribution in [0.2, 0.25) is 5.02 Å². The van der Waals surface area contributed by atoms with Gasteiger partial charge >= 0.3 is 0 Å². The lowest BCUT2D eigenvalue weighted by Crippen LogP contribution is -2.24. The number of H-pyrrole nitrogens is 1. The van der Waals surface area contributed by atoms with Gasteiger partial charge in [-0.2, -0.15) is 0 Å². The fourth-order valence-electron chi connectivity index (χ4n) is 2.38. The molecular weight excluding hydrogens is 316 g/mol. The second kappa shape index (κ2) is 6.71. The van der Waals surface area contributed by atoms with E-state index in [4.69, 9.17) is 16.3 Å². The van der Waals surface area contributed by atoms with E-state index in [1.807, 2.05) is 6.08 Å². The molecule has 1 amide bonds. The summed E-state index contributed by atoms with van der Waals surface area (Å²) in [5, 5.41) is -0.0172. The van der Waals surface area contributed by atoms with E-state index < -0.39 is 5.56 Å². The highest BCUT2D eigenvalue weighted by atomic mass is 35.5. The molecule has 0 radical (unpaired) electrons. The molecule has 0 atom stereocenters. The van der Waals surface area contributed by atoms with Gasteiger partial charge in [0.2, 0.25) is 0 Å². The van der Waals surface area contributed by atoms with Gasteiger partial charge in [-0.3, -0.25) is 14.5 Å². The van der Waals surface area contributed by atoms with Gasteiger partial charge in [-0.25, -0.2) is 0 Å². The third-order valence-electron chi connectivity index (χ3n) is 3.56. The number of pyridine rings is 1. The summed E-state index contributed by atoms with van der Waals surface area (Å²) in [4.78, 5) is 27.6. The molecule has 0 bridgehead atoms. The summed E-state index contributed by atoms with van der Waals surface area (Å²) < 4.78 is 5.48. The third-order valence-corrected chi connectivity index (χ3v) is 3.85. The Labute approximate surface area is 138 Å². The van der Waals surface area contributed by atoms with E-state index in [-0.39, 0.29) is 10.9 Å². The summed E-state index contributed by atoms with van der Waals surface area (Å²) in [7, 11) is 0. The molecule has 1 aliphatic carbocycles. The fourth-order valence-corrected chi connectivity index (χ4v) is 2.55. The number of halogens is 1. The minimum absolute atomic E-state index is 0.0172. The Hall–Kier alpha value is -2.53. The first kappa shape index (κ1) is 15.4. The van der Waals surface area contributed by atoms with E-state index in [0.717, 1.165) is 12.8 Å². The number of carbonyl (C=O) groups excluding carboxylic acids is 1. The Morgan fingerprint density at radius 3 is 3.04 bits per heavy atom. The zero-order valence-electron chi connectivity index (χ0n) is 12.3. The summed E-state index contributed by atoms with van der Waals surface area (Å²) >= 11 is 5.77. The van der Waals surface area contributed by atoms with Crippen molar-refractivity contribution in [1.29, 1.82) is 0 Å². The monoisotopic (exact) mass is 330 g/mol. The molecule has 0 aromatic carbocycles. The van der Waals surface area contributed by atoms with Gasteiger partial charge < -0.3 is 9.72 Å². The van der Waals surface area contributed by atoms with Crippen LogP contribution in [-0.2, 0) is 4.74 Å². The molecule has 1 N–H and O–H groups in total. The number of hydrogen-bond acceptors (Lipinski definition) is 3. The molecule has 2 heterocycles. The Morgan fingerprint density at radius 2 is 2.30 bits per heavy atom. The maximum absolute atomic E-state index is 12.5. The largest absolute Gasteiger partial charge is 0.466 e. The lowest BCUT2D eigenvalue weighted by molar-refractivity contribution is 0.0853. The Balaban J connectivity index is 1.77. The van der Waals surface area contributed by atoms with Crippen LogP contribution in [0, 0.1) is 0 Å². The van der Waals surface area contributed by atoms with Crippen molar-refractivity contribution in [3.05, 3.63) is 81.4 Å². The van der Waals surface area contributed by atoms with Gasteiger partial charge in [0.1, 0.15) is 17.0 Å². The first-order valence-corrected chi connectivity index (χ1v) is 7.61. The number of aromatic amines is 1. The smallest absolute Gasteiger partial charge is 0.266 e. The minimum Gasteiger partial charge on any atom is -0.466 e. The molecule has 23 heavy (non-hydrogen) atoms. The predicted octanol–water partition coefficient (Wildman–Crippen LogP) is 3.48. The number of hydrogen-bond donors (Lipinski definition) is 1. The zero-order chi connectivity index (χ0) is 16.2. The van der Waals surface area contributed by atoms with Crippen molar-refractivity contribution in [3.8, 4) is 0 Å². The van der Waals surface area contributed by atoms with Crippen LogP contribution < -0.4 is 5.56 Å². The van der Waals surface area contributed by atoms with Gasteiger partial charge in [-0.05, 0) is 18.9 Å². The molecule has 1 aromatic heterocycles. The molecule has 0 unspecified atom stereocenters. The Morgan fingerprint density at radius 1 is 1.43 bits per heavy atom. The first-order chi connectivity index (χ1) is 11.1. The van der Waals surface area contributed by atoms with Gasteiger partial charge in [0.25, 0.3) is 11.5 Å². The second-order valence-electron chi connectivity index (χ2n) is 5.24. The van der Waals surface area contributed by atoms with Crippen molar-refractivity contribution in [2.24, 2.45) is 0 Å². The molecular formula is C17H15ClN2O3. The topological polar surface area (TPSA) is 62.4 Å². The first-order valence-electron chi connectivity index (χ1n) is 7.23. The average molecular weight is 331 g/mol. The number of nitrogens with one attached hydrogen (secondary N) is 1. The number of carbonyl (C=O) groups is 1. The zero-order valence-corrected chi connectivity index (χ0v) is 13.0. The summed E-state index contributed by atoms with van der Waals surface area (Å²) in [6.45, 7) is 0. The van der Waals surface area contributed by atoms with Crippen molar-refractivity contribution >= 4 is 17.5 Å². The van der Waals surface area contributed by atoms with E-state index in [2.05, 4.69) is 17.1 Å². The number of allylic oxidation sites excluding steroid dienone is 4. The highest BCUT2D eigenvalue weighted by molar-refractivity contribution is 6.30. The highest BCUT2D eigenvalue weighted by Crippen LogP contribution is 2.23. The fraction of sp³-hybridized carbons (Fsp3) is 0.176. The van der Waals surface area contributed by atoms with Gasteiger partial charge in [0, 0.05) is 18.8 Å². The van der Waals surface area contributed by atoms with Crippen LogP contribution in [0.1, 0.15) is 29.6 Å². The van der Waals surface area contributed by atoms with E-state index in [9.17, 15) is 9.59 Å². The molecule has 118 valence electrons. The van der Waals surface area contributed by atoms with Crippen molar-refractivity contribution in [2.75, 3.05) is 0 Å². The molecule has 0 saturated carbocycles. The molecule has 0 fully saturated rings. The van der Waals surface area contributed by atoms with Crippen LogP contribution in [0.15, 0.2) is 65.3 Å². The van der Waals surface area contributed by atoms with Crippen molar-refractivity contribution in [1.82, 2.24) is 9.88 Å². The predicted molar refractivity (Wildman–Crippen MR) is 87.6 cm³/mol. The lowest BCUT2D eigenvalue weighted by Gasteiger charge is -2.21. The standard InChI is InChI=1S/C17H15ClN2O3/c18-15-9-13(10-19-16(15)21)17(22)20-6-7-23-14(11-20)8-12-4-2-1-3-5-12/h1-2,4,6-7,9-11H,3,5,8H2,(H,19,21).